The molecule has 0 fully saturated rings. The molecule has 0 spiro atoms. The van der Waals surface area contributed by atoms with Crippen molar-refractivity contribution in [1.82, 2.24) is 9.13 Å². The number of rotatable bonds is 3. The highest BCUT2D eigenvalue weighted by atomic mass is 32.1. The molecule has 0 amide bonds. The summed E-state index contributed by atoms with van der Waals surface area (Å²) in [6.45, 7) is 0. The molecule has 3 heterocycles. The first-order chi connectivity index (χ1) is 22.3. The minimum Gasteiger partial charge on any atom is -0.309 e. The normalized spacial score (nSPS) is 12.0. The molecule has 0 radical (unpaired) electrons. The van der Waals surface area contributed by atoms with Crippen LogP contribution in [0.1, 0.15) is 0 Å². The second-order valence-corrected chi connectivity index (χ2v) is 12.8. The van der Waals surface area contributed by atoms with Gasteiger partial charge in [0.2, 0.25) is 0 Å². The van der Waals surface area contributed by atoms with Crippen molar-refractivity contribution in [2.75, 3.05) is 0 Å². The van der Waals surface area contributed by atoms with E-state index in [2.05, 4.69) is 167 Å². The van der Waals surface area contributed by atoms with Crippen LogP contribution in [0.15, 0.2) is 158 Å². The van der Waals surface area contributed by atoms with Gasteiger partial charge in [0.25, 0.3) is 0 Å². The molecule has 0 aliphatic rings. The highest BCUT2D eigenvalue weighted by molar-refractivity contribution is 7.26. The highest BCUT2D eigenvalue weighted by Crippen LogP contribution is 2.44. The van der Waals surface area contributed by atoms with E-state index in [1.165, 1.54) is 80.6 Å². The zero-order chi connectivity index (χ0) is 29.5. The van der Waals surface area contributed by atoms with Crippen molar-refractivity contribution in [3.8, 4) is 22.5 Å². The Bertz CT molecular complexity index is 2720. The summed E-state index contributed by atoms with van der Waals surface area (Å²) in [5.41, 5.74) is 9.70. The van der Waals surface area contributed by atoms with Gasteiger partial charge in [-0.1, -0.05) is 115 Å². The van der Waals surface area contributed by atoms with E-state index in [9.17, 15) is 0 Å². The highest BCUT2D eigenvalue weighted by Gasteiger charge is 2.20. The number of fused-ring (bicyclic) bond motifs is 10. The fraction of sp³-hybridized carbons (Fsp3) is 0. The van der Waals surface area contributed by atoms with Crippen molar-refractivity contribution < 1.29 is 0 Å². The van der Waals surface area contributed by atoms with Crippen molar-refractivity contribution in [2.24, 2.45) is 0 Å². The van der Waals surface area contributed by atoms with E-state index in [-0.39, 0.29) is 0 Å². The largest absolute Gasteiger partial charge is 0.309 e. The third kappa shape index (κ3) is 3.50. The first kappa shape index (κ1) is 24.8. The topological polar surface area (TPSA) is 9.86 Å². The summed E-state index contributed by atoms with van der Waals surface area (Å²) in [7, 11) is 0. The van der Waals surface area contributed by atoms with E-state index in [0.29, 0.717) is 0 Å². The molecule has 0 unspecified atom stereocenters. The molecule has 2 nitrogen and oxygen atoms in total. The molecule has 10 rings (SSSR count). The SMILES string of the molecule is c1cc(-c2ccccc2-n2c3ccccc3c3ccc4c5ccccc5sc4c32)cc(-n2c3ccccc3c3ccccc32)c1. The molecule has 0 bridgehead atoms. The number of aromatic nitrogens is 2. The Hall–Kier alpha value is -5.64. The van der Waals surface area contributed by atoms with Crippen LogP contribution in [0.5, 0.6) is 0 Å². The number of hydrogen-bond donors (Lipinski definition) is 0. The Balaban J connectivity index is 1.27. The van der Waals surface area contributed by atoms with Gasteiger partial charge in [-0.25, -0.2) is 0 Å². The van der Waals surface area contributed by atoms with Crippen LogP contribution in [0.25, 0.3) is 86.3 Å². The number of para-hydroxylation sites is 4. The molecule has 210 valence electrons. The first-order valence-corrected chi connectivity index (χ1v) is 16.2. The van der Waals surface area contributed by atoms with Gasteiger partial charge in [0, 0.05) is 48.3 Å². The number of thiophene rings is 1. The molecule has 0 aliphatic carbocycles. The second kappa shape index (κ2) is 9.43. The molecule has 0 aliphatic heterocycles. The minimum atomic E-state index is 1.16. The molecule has 0 saturated heterocycles. The lowest BCUT2D eigenvalue weighted by Gasteiger charge is -2.16. The molecule has 0 atom stereocenters. The van der Waals surface area contributed by atoms with Gasteiger partial charge >= 0.3 is 0 Å². The fourth-order valence-corrected chi connectivity index (χ4v) is 8.65. The van der Waals surface area contributed by atoms with Crippen molar-refractivity contribution in [2.45, 2.75) is 0 Å². The third-order valence-electron chi connectivity index (χ3n) is 9.32. The first-order valence-electron chi connectivity index (χ1n) is 15.4. The van der Waals surface area contributed by atoms with Crippen LogP contribution in [0.3, 0.4) is 0 Å². The molecule has 0 saturated carbocycles. The summed E-state index contributed by atoms with van der Waals surface area (Å²) in [6.07, 6.45) is 0. The lowest BCUT2D eigenvalue weighted by molar-refractivity contribution is 1.17. The maximum atomic E-state index is 2.50. The monoisotopic (exact) mass is 590 g/mol. The zero-order valence-electron chi connectivity index (χ0n) is 24.3. The second-order valence-electron chi connectivity index (χ2n) is 11.7. The van der Waals surface area contributed by atoms with Crippen LogP contribution >= 0.6 is 11.3 Å². The smallest absolute Gasteiger partial charge is 0.0720 e. The van der Waals surface area contributed by atoms with Crippen molar-refractivity contribution in [3.63, 3.8) is 0 Å². The summed E-state index contributed by atoms with van der Waals surface area (Å²) in [6, 6.07) is 57.6. The van der Waals surface area contributed by atoms with E-state index >= 15 is 0 Å². The Morgan fingerprint density at radius 1 is 0.400 bits per heavy atom. The van der Waals surface area contributed by atoms with Gasteiger partial charge in [0.05, 0.1) is 32.5 Å². The standard InChI is InChI=1S/C42H26N2S/c1-6-19-36(44-39-22-9-4-17-32(39)34-24-25-35-33-18-5-10-23-40(33)45-42(35)41(34)44)29(14-1)27-12-11-13-28(26-27)43-37-20-7-2-15-30(37)31-16-3-8-21-38(31)43/h1-26H. The van der Waals surface area contributed by atoms with Gasteiger partial charge in [0.1, 0.15) is 0 Å². The van der Waals surface area contributed by atoms with E-state index in [1.54, 1.807) is 0 Å². The van der Waals surface area contributed by atoms with E-state index in [4.69, 9.17) is 0 Å². The predicted octanol–water partition coefficient (Wildman–Crippen LogP) is 11.9. The predicted molar refractivity (Wildman–Crippen MR) is 193 cm³/mol. The molecule has 45 heavy (non-hydrogen) atoms. The number of hydrogen-bond acceptors (Lipinski definition) is 1. The lowest BCUT2D eigenvalue weighted by atomic mass is 10.0. The van der Waals surface area contributed by atoms with Crippen LogP contribution in [0, 0.1) is 0 Å². The third-order valence-corrected chi connectivity index (χ3v) is 10.5. The van der Waals surface area contributed by atoms with Crippen molar-refractivity contribution >= 4 is 75.1 Å². The van der Waals surface area contributed by atoms with Crippen LogP contribution < -0.4 is 0 Å². The van der Waals surface area contributed by atoms with E-state index in [1.807, 2.05) is 11.3 Å². The van der Waals surface area contributed by atoms with Crippen LogP contribution in [-0.4, -0.2) is 9.13 Å². The number of nitrogens with zero attached hydrogens (tertiary/aromatic N) is 2. The van der Waals surface area contributed by atoms with Crippen molar-refractivity contribution in [1.29, 1.82) is 0 Å². The van der Waals surface area contributed by atoms with Crippen LogP contribution in [0.2, 0.25) is 0 Å². The van der Waals surface area contributed by atoms with Gasteiger partial charge in [-0.15, -0.1) is 11.3 Å². The summed E-state index contributed by atoms with van der Waals surface area (Å²) in [4.78, 5) is 0. The average molecular weight is 591 g/mol. The maximum absolute atomic E-state index is 2.50. The summed E-state index contributed by atoms with van der Waals surface area (Å²) < 4.78 is 7.56. The Labute approximate surface area is 263 Å². The number of benzene rings is 7. The molecular weight excluding hydrogens is 565 g/mol. The quantitative estimate of drug-likeness (QED) is 0.194. The van der Waals surface area contributed by atoms with Crippen molar-refractivity contribution in [3.05, 3.63) is 158 Å². The average Bonchev–Trinajstić information content (AvgIpc) is 3.76. The molecule has 0 N–H and O–H groups in total. The molecular formula is C42H26N2S. The van der Waals surface area contributed by atoms with Gasteiger partial charge in [0.15, 0.2) is 0 Å². The van der Waals surface area contributed by atoms with Gasteiger partial charge in [-0.05, 0) is 48.0 Å². The Morgan fingerprint density at radius 3 is 1.73 bits per heavy atom. The fourth-order valence-electron chi connectivity index (χ4n) is 7.41. The molecule has 10 aromatic rings. The summed E-state index contributed by atoms with van der Waals surface area (Å²) in [5.74, 6) is 0. The summed E-state index contributed by atoms with van der Waals surface area (Å²) >= 11 is 1.90. The summed E-state index contributed by atoms with van der Waals surface area (Å²) in [5, 5.41) is 7.76. The molecule has 3 aromatic heterocycles. The Morgan fingerprint density at radius 2 is 0.978 bits per heavy atom. The van der Waals surface area contributed by atoms with Gasteiger partial charge in [-0.3, -0.25) is 0 Å². The van der Waals surface area contributed by atoms with Crippen LogP contribution in [-0.2, 0) is 0 Å². The minimum absolute atomic E-state index is 1.16. The van der Waals surface area contributed by atoms with E-state index < -0.39 is 0 Å². The van der Waals surface area contributed by atoms with Gasteiger partial charge < -0.3 is 9.13 Å². The Kier molecular flexibility index (Phi) is 5.19. The van der Waals surface area contributed by atoms with E-state index in [0.717, 1.165) is 5.69 Å². The van der Waals surface area contributed by atoms with Gasteiger partial charge in [-0.2, -0.15) is 0 Å². The van der Waals surface area contributed by atoms with Crippen LogP contribution in [0.4, 0.5) is 0 Å². The lowest BCUT2D eigenvalue weighted by Crippen LogP contribution is -1.98. The molecule has 3 heteroatoms. The zero-order valence-corrected chi connectivity index (χ0v) is 25.1. The maximum Gasteiger partial charge on any atom is 0.0720 e. The molecule has 7 aromatic carbocycles.